The highest BCUT2D eigenvalue weighted by molar-refractivity contribution is 5.99. The number of anilines is 2. The number of carbonyl (C=O) groups excluding carboxylic acids is 1. The van der Waals surface area contributed by atoms with Crippen molar-refractivity contribution in [2.75, 3.05) is 12.4 Å². The lowest BCUT2D eigenvalue weighted by molar-refractivity contribution is 0.0601. The minimum Gasteiger partial charge on any atom is -0.465 e. The summed E-state index contributed by atoms with van der Waals surface area (Å²) in [6.45, 7) is 2.22. The van der Waals surface area contributed by atoms with Gasteiger partial charge in [-0.3, -0.25) is 0 Å². The Hall–Kier alpha value is -3.60. The minimum atomic E-state index is -0.379. The molecule has 0 bridgehead atoms. The van der Waals surface area contributed by atoms with Gasteiger partial charge in [-0.15, -0.1) is 0 Å². The van der Waals surface area contributed by atoms with Crippen LogP contribution in [0.15, 0.2) is 67.0 Å². The Labute approximate surface area is 181 Å². The molecule has 0 amide bonds. The number of nitrogens with zero attached hydrogens (tertiary/aromatic N) is 2. The fraction of sp³-hybridized carbons (Fsp3) is 0.231. The van der Waals surface area contributed by atoms with E-state index in [4.69, 9.17) is 4.74 Å². The van der Waals surface area contributed by atoms with Crippen molar-refractivity contribution in [1.82, 2.24) is 9.55 Å². The van der Waals surface area contributed by atoms with Crippen molar-refractivity contribution in [3.63, 3.8) is 0 Å². The van der Waals surface area contributed by atoms with Crippen molar-refractivity contribution in [2.45, 2.75) is 19.3 Å². The second-order valence-corrected chi connectivity index (χ2v) is 8.35. The van der Waals surface area contributed by atoms with Crippen LogP contribution in [0, 0.1) is 5.92 Å². The summed E-state index contributed by atoms with van der Waals surface area (Å²) in [4.78, 5) is 17.0. The zero-order valence-corrected chi connectivity index (χ0v) is 17.9. The molecule has 0 saturated heterocycles. The molecule has 5 nitrogen and oxygen atoms in total. The first-order chi connectivity index (χ1) is 15.0. The number of hydrogen-bond acceptors (Lipinski definition) is 4. The third-order valence-corrected chi connectivity index (χ3v) is 6.19. The highest BCUT2D eigenvalue weighted by Crippen LogP contribution is 2.47. The number of fused-ring (bicyclic) bond motifs is 1. The van der Waals surface area contributed by atoms with Gasteiger partial charge in [0, 0.05) is 41.6 Å². The van der Waals surface area contributed by atoms with Crippen molar-refractivity contribution in [2.24, 2.45) is 13.0 Å². The van der Waals surface area contributed by atoms with E-state index in [0.717, 1.165) is 28.6 Å². The molecule has 2 aromatic carbocycles. The van der Waals surface area contributed by atoms with Gasteiger partial charge in [0.25, 0.3) is 0 Å². The van der Waals surface area contributed by atoms with Crippen LogP contribution in [0.2, 0.25) is 0 Å². The predicted molar refractivity (Wildman–Crippen MR) is 124 cm³/mol. The third kappa shape index (κ3) is 3.56. The molecule has 31 heavy (non-hydrogen) atoms. The third-order valence-electron chi connectivity index (χ3n) is 6.19. The highest BCUT2D eigenvalue weighted by Gasteiger charge is 2.35. The Kier molecular flexibility index (Phi) is 4.74. The number of carbonyl (C=O) groups is 1. The Morgan fingerprint density at radius 3 is 2.65 bits per heavy atom. The lowest BCUT2D eigenvalue weighted by Gasteiger charge is -2.12. The van der Waals surface area contributed by atoms with Gasteiger partial charge >= 0.3 is 5.97 Å². The van der Waals surface area contributed by atoms with Crippen LogP contribution in [-0.4, -0.2) is 22.6 Å². The first-order valence-corrected chi connectivity index (χ1v) is 10.5. The van der Waals surface area contributed by atoms with Gasteiger partial charge in [-0.2, -0.15) is 0 Å². The van der Waals surface area contributed by atoms with E-state index in [-0.39, 0.29) is 5.97 Å². The maximum absolute atomic E-state index is 12.5. The van der Waals surface area contributed by atoms with Gasteiger partial charge in [-0.25, -0.2) is 9.78 Å². The normalized spacial score (nSPS) is 17.5. The predicted octanol–water partition coefficient (Wildman–Crippen LogP) is 5.89. The molecule has 1 saturated carbocycles. The summed E-state index contributed by atoms with van der Waals surface area (Å²) in [6.07, 6.45) is 5.16. The molecule has 0 spiro atoms. The van der Waals surface area contributed by atoms with Crippen molar-refractivity contribution in [3.8, 4) is 11.1 Å². The number of methoxy groups -OCH3 is 1. The number of pyridine rings is 1. The Morgan fingerprint density at radius 1 is 1.16 bits per heavy atom. The van der Waals surface area contributed by atoms with Gasteiger partial charge in [0.1, 0.15) is 11.4 Å². The minimum absolute atomic E-state index is 0.379. The van der Waals surface area contributed by atoms with E-state index in [2.05, 4.69) is 59.3 Å². The molecule has 1 aliphatic carbocycles. The van der Waals surface area contributed by atoms with Gasteiger partial charge in [0.2, 0.25) is 0 Å². The zero-order chi connectivity index (χ0) is 21.5. The summed E-state index contributed by atoms with van der Waals surface area (Å²) in [7, 11) is 3.46. The van der Waals surface area contributed by atoms with Crippen LogP contribution in [0.25, 0.3) is 22.0 Å². The summed E-state index contributed by atoms with van der Waals surface area (Å²) in [5, 5.41) is 4.48. The SMILES string of the molecule is COC(=O)c1cc(C2C[C@@H]2C)cnc1Nc1ccc2c(c1)c(-c1ccccc1)cn2C. The number of rotatable bonds is 5. The second kappa shape index (κ2) is 7.58. The van der Waals surface area contributed by atoms with Crippen LogP contribution in [-0.2, 0) is 11.8 Å². The van der Waals surface area contributed by atoms with E-state index in [1.54, 1.807) is 0 Å². The van der Waals surface area contributed by atoms with Crippen LogP contribution >= 0.6 is 0 Å². The molecule has 156 valence electrons. The number of ether oxygens (including phenoxy) is 1. The van der Waals surface area contributed by atoms with Gasteiger partial charge in [0.15, 0.2) is 0 Å². The molecule has 4 aromatic rings. The zero-order valence-electron chi connectivity index (χ0n) is 17.9. The molecular weight excluding hydrogens is 386 g/mol. The number of esters is 1. The van der Waals surface area contributed by atoms with E-state index in [9.17, 15) is 4.79 Å². The monoisotopic (exact) mass is 411 g/mol. The molecule has 2 atom stereocenters. The average Bonchev–Trinajstić information content (AvgIpc) is 3.44. The summed E-state index contributed by atoms with van der Waals surface area (Å²) in [6, 6.07) is 18.5. The topological polar surface area (TPSA) is 56.1 Å². The summed E-state index contributed by atoms with van der Waals surface area (Å²) in [5.41, 5.74) is 5.92. The summed E-state index contributed by atoms with van der Waals surface area (Å²) >= 11 is 0. The van der Waals surface area contributed by atoms with E-state index in [1.165, 1.54) is 18.2 Å². The van der Waals surface area contributed by atoms with Gasteiger partial charge in [0.05, 0.1) is 7.11 Å². The highest BCUT2D eigenvalue weighted by atomic mass is 16.5. The van der Waals surface area contributed by atoms with Crippen LogP contribution in [0.5, 0.6) is 0 Å². The van der Waals surface area contributed by atoms with Crippen LogP contribution in [0.4, 0.5) is 11.5 Å². The van der Waals surface area contributed by atoms with Gasteiger partial charge in [-0.05, 0) is 53.6 Å². The quantitative estimate of drug-likeness (QED) is 0.416. The fourth-order valence-corrected chi connectivity index (χ4v) is 4.29. The van der Waals surface area contributed by atoms with Gasteiger partial charge < -0.3 is 14.6 Å². The molecule has 2 heterocycles. The maximum Gasteiger partial charge on any atom is 0.341 e. The van der Waals surface area contributed by atoms with E-state index in [1.807, 2.05) is 36.5 Å². The Bertz CT molecular complexity index is 1280. The van der Waals surface area contributed by atoms with Crippen LogP contribution in [0.3, 0.4) is 0 Å². The molecule has 5 rings (SSSR count). The number of nitrogens with one attached hydrogen (secondary N) is 1. The van der Waals surface area contributed by atoms with Crippen molar-refractivity contribution < 1.29 is 9.53 Å². The van der Waals surface area contributed by atoms with E-state index in [0.29, 0.717) is 23.2 Å². The first-order valence-electron chi connectivity index (χ1n) is 10.5. The Morgan fingerprint density at radius 2 is 1.94 bits per heavy atom. The number of aryl methyl sites for hydroxylation is 1. The second-order valence-electron chi connectivity index (χ2n) is 8.35. The average molecular weight is 412 g/mol. The fourth-order valence-electron chi connectivity index (χ4n) is 4.29. The van der Waals surface area contributed by atoms with Crippen molar-refractivity contribution >= 4 is 28.4 Å². The van der Waals surface area contributed by atoms with Gasteiger partial charge in [-0.1, -0.05) is 37.3 Å². The summed E-state index contributed by atoms with van der Waals surface area (Å²) < 4.78 is 7.16. The van der Waals surface area contributed by atoms with Crippen LogP contribution in [0.1, 0.15) is 35.2 Å². The molecule has 0 radical (unpaired) electrons. The Balaban J connectivity index is 1.54. The standard InChI is InChI=1S/C26H25N3O2/c1-16-11-20(16)18-12-22(26(30)31-3)25(27-14-18)28-19-9-10-24-21(13-19)23(15-29(24)2)17-7-5-4-6-8-17/h4-10,12-16,20H,11H2,1-3H3,(H,27,28)/t16-,20?/m0/s1. The largest absolute Gasteiger partial charge is 0.465 e. The maximum atomic E-state index is 12.5. The molecule has 2 aromatic heterocycles. The van der Waals surface area contributed by atoms with E-state index >= 15 is 0 Å². The smallest absolute Gasteiger partial charge is 0.341 e. The molecule has 1 aliphatic rings. The lowest BCUT2D eigenvalue weighted by atomic mass is 10.0. The summed E-state index contributed by atoms with van der Waals surface area (Å²) in [5.74, 6) is 1.26. The van der Waals surface area contributed by atoms with Crippen molar-refractivity contribution in [3.05, 3.63) is 78.1 Å². The van der Waals surface area contributed by atoms with E-state index < -0.39 is 0 Å². The first kappa shape index (κ1) is 19.4. The molecular formula is C26H25N3O2. The molecule has 5 heteroatoms. The molecule has 1 unspecified atom stereocenters. The molecule has 1 N–H and O–H groups in total. The number of hydrogen-bond donors (Lipinski definition) is 1. The van der Waals surface area contributed by atoms with Crippen LogP contribution < -0.4 is 5.32 Å². The van der Waals surface area contributed by atoms with Crippen molar-refractivity contribution in [1.29, 1.82) is 0 Å². The lowest BCUT2D eigenvalue weighted by Crippen LogP contribution is -2.08. The number of aromatic nitrogens is 2. The molecule has 1 fully saturated rings. The number of benzene rings is 2. The molecule has 0 aliphatic heterocycles.